The summed E-state index contributed by atoms with van der Waals surface area (Å²) in [5.74, 6) is 0.429. The molecule has 4 aromatic rings. The highest BCUT2D eigenvalue weighted by Crippen LogP contribution is 2.37. The van der Waals surface area contributed by atoms with E-state index in [9.17, 15) is 9.59 Å². The first kappa shape index (κ1) is 24.0. The van der Waals surface area contributed by atoms with Gasteiger partial charge in [0.2, 0.25) is 0 Å². The Hall–Kier alpha value is -4.10. The molecule has 1 heterocycles. The highest BCUT2D eigenvalue weighted by atomic mass is 32.1. The molecule has 3 aromatic carbocycles. The van der Waals surface area contributed by atoms with Crippen molar-refractivity contribution in [1.29, 1.82) is 0 Å². The Morgan fingerprint density at radius 1 is 0.829 bits per heavy atom. The second-order valence-electron chi connectivity index (χ2n) is 7.53. The Kier molecular flexibility index (Phi) is 7.80. The molecule has 1 amide bonds. The normalized spacial score (nSPS) is 10.5. The summed E-state index contributed by atoms with van der Waals surface area (Å²) in [5, 5.41) is 5.04. The number of hydrogen-bond donors (Lipinski definition) is 1. The van der Waals surface area contributed by atoms with Gasteiger partial charge in [0, 0.05) is 10.9 Å². The lowest BCUT2D eigenvalue weighted by Crippen LogP contribution is -2.21. The zero-order chi connectivity index (χ0) is 24.6. The van der Waals surface area contributed by atoms with Gasteiger partial charge in [-0.05, 0) is 47.9 Å². The molecule has 0 aliphatic rings. The molecule has 0 bridgehead atoms. The molecule has 7 heteroatoms. The van der Waals surface area contributed by atoms with E-state index in [0.717, 1.165) is 16.7 Å². The lowest BCUT2D eigenvalue weighted by molar-refractivity contribution is -0.118. The van der Waals surface area contributed by atoms with Gasteiger partial charge in [-0.1, -0.05) is 54.6 Å². The topological polar surface area (TPSA) is 73.9 Å². The zero-order valence-corrected chi connectivity index (χ0v) is 20.3. The van der Waals surface area contributed by atoms with Crippen molar-refractivity contribution >= 4 is 28.2 Å². The molecule has 0 saturated heterocycles. The number of esters is 1. The van der Waals surface area contributed by atoms with Crippen molar-refractivity contribution in [3.63, 3.8) is 0 Å². The third-order valence-corrected chi connectivity index (χ3v) is 6.15. The fourth-order valence-corrected chi connectivity index (χ4v) is 4.50. The van der Waals surface area contributed by atoms with Gasteiger partial charge in [0.1, 0.15) is 22.1 Å². The van der Waals surface area contributed by atoms with Crippen LogP contribution in [0.4, 0.5) is 5.00 Å². The first-order valence-electron chi connectivity index (χ1n) is 11.1. The maximum Gasteiger partial charge on any atom is 0.341 e. The van der Waals surface area contributed by atoms with E-state index in [2.05, 4.69) is 5.32 Å². The van der Waals surface area contributed by atoms with Crippen molar-refractivity contribution in [3.8, 4) is 33.8 Å². The van der Waals surface area contributed by atoms with E-state index in [4.69, 9.17) is 14.2 Å². The summed E-state index contributed by atoms with van der Waals surface area (Å²) in [4.78, 5) is 25.4. The summed E-state index contributed by atoms with van der Waals surface area (Å²) in [6.45, 7) is 1.78. The predicted octanol–water partition coefficient (Wildman–Crippen LogP) is 6.28. The van der Waals surface area contributed by atoms with Crippen LogP contribution in [0.2, 0.25) is 0 Å². The lowest BCUT2D eigenvalue weighted by Gasteiger charge is -2.10. The SMILES string of the molecule is CCOC(=O)c1c(-c2ccc(OC)cc2)csc1NC(=O)COc1ccc(-c2ccccc2)cc1. The number of ether oxygens (including phenoxy) is 3. The van der Waals surface area contributed by atoms with Gasteiger partial charge >= 0.3 is 5.97 Å². The molecule has 0 atom stereocenters. The number of methoxy groups -OCH3 is 1. The Balaban J connectivity index is 1.45. The summed E-state index contributed by atoms with van der Waals surface area (Å²) in [5.41, 5.74) is 3.99. The number of thiophene rings is 1. The summed E-state index contributed by atoms with van der Waals surface area (Å²) in [6.07, 6.45) is 0. The van der Waals surface area contributed by atoms with Crippen LogP contribution in [0.15, 0.2) is 84.2 Å². The van der Waals surface area contributed by atoms with Gasteiger partial charge in [0.25, 0.3) is 5.91 Å². The van der Waals surface area contributed by atoms with Gasteiger partial charge in [-0.15, -0.1) is 11.3 Å². The standard InChI is InChI=1S/C28H25NO5S/c1-3-33-28(31)26-24(21-11-13-22(32-2)14-12-21)18-35-27(26)29-25(30)17-34-23-15-9-20(10-16-23)19-7-5-4-6-8-19/h4-16,18H,3,17H2,1-2H3,(H,29,30). The third kappa shape index (κ3) is 5.88. The Bertz CT molecular complexity index is 1280. The van der Waals surface area contributed by atoms with E-state index in [1.54, 1.807) is 14.0 Å². The number of benzene rings is 3. The molecular formula is C28H25NO5S. The Labute approximate surface area is 208 Å². The summed E-state index contributed by atoms with van der Waals surface area (Å²) in [6, 6.07) is 24.9. The van der Waals surface area contributed by atoms with Crippen LogP contribution in [0.25, 0.3) is 22.3 Å². The molecule has 0 unspecified atom stereocenters. The van der Waals surface area contributed by atoms with Crippen LogP contribution in [0, 0.1) is 0 Å². The lowest BCUT2D eigenvalue weighted by atomic mass is 10.0. The molecule has 0 spiro atoms. The number of nitrogens with one attached hydrogen (secondary N) is 1. The molecule has 0 aliphatic carbocycles. The maximum absolute atomic E-state index is 12.7. The van der Waals surface area contributed by atoms with E-state index in [0.29, 0.717) is 27.6 Å². The zero-order valence-electron chi connectivity index (χ0n) is 19.4. The van der Waals surface area contributed by atoms with Crippen molar-refractivity contribution in [2.75, 3.05) is 25.6 Å². The Morgan fingerprint density at radius 3 is 2.11 bits per heavy atom. The monoisotopic (exact) mass is 487 g/mol. The van der Waals surface area contributed by atoms with Crippen LogP contribution in [0.3, 0.4) is 0 Å². The summed E-state index contributed by atoms with van der Waals surface area (Å²) in [7, 11) is 1.59. The predicted molar refractivity (Wildman–Crippen MR) is 138 cm³/mol. The fraction of sp³-hybridized carbons (Fsp3) is 0.143. The molecule has 1 N–H and O–H groups in total. The smallest absolute Gasteiger partial charge is 0.341 e. The van der Waals surface area contributed by atoms with Crippen molar-refractivity contribution in [2.24, 2.45) is 0 Å². The second-order valence-corrected chi connectivity index (χ2v) is 8.41. The molecule has 178 valence electrons. The molecule has 4 rings (SSSR count). The maximum atomic E-state index is 12.7. The average Bonchev–Trinajstić information content (AvgIpc) is 3.32. The molecular weight excluding hydrogens is 462 g/mol. The van der Waals surface area contributed by atoms with Crippen LogP contribution in [0.1, 0.15) is 17.3 Å². The van der Waals surface area contributed by atoms with E-state index in [1.807, 2.05) is 84.2 Å². The van der Waals surface area contributed by atoms with Crippen LogP contribution in [0.5, 0.6) is 11.5 Å². The van der Waals surface area contributed by atoms with E-state index < -0.39 is 5.97 Å². The number of rotatable bonds is 9. The molecule has 6 nitrogen and oxygen atoms in total. The van der Waals surface area contributed by atoms with Gasteiger partial charge in [0.05, 0.1) is 13.7 Å². The van der Waals surface area contributed by atoms with Crippen molar-refractivity contribution in [1.82, 2.24) is 0 Å². The van der Waals surface area contributed by atoms with Gasteiger partial charge < -0.3 is 19.5 Å². The Morgan fingerprint density at radius 2 is 1.46 bits per heavy atom. The second kappa shape index (κ2) is 11.4. The van der Waals surface area contributed by atoms with Crippen molar-refractivity contribution in [2.45, 2.75) is 6.92 Å². The van der Waals surface area contributed by atoms with Gasteiger partial charge in [-0.3, -0.25) is 4.79 Å². The van der Waals surface area contributed by atoms with Crippen molar-refractivity contribution in [3.05, 3.63) is 89.8 Å². The van der Waals surface area contributed by atoms with Crippen LogP contribution < -0.4 is 14.8 Å². The summed E-state index contributed by atoms with van der Waals surface area (Å²) < 4.78 is 16.1. The quantitative estimate of drug-likeness (QED) is 0.281. The molecule has 0 fully saturated rings. The number of amides is 1. The van der Waals surface area contributed by atoms with E-state index in [-0.39, 0.29) is 19.1 Å². The van der Waals surface area contributed by atoms with Crippen LogP contribution in [-0.4, -0.2) is 32.2 Å². The number of carbonyl (C=O) groups excluding carboxylic acids is 2. The average molecular weight is 488 g/mol. The number of hydrogen-bond acceptors (Lipinski definition) is 6. The van der Waals surface area contributed by atoms with Gasteiger partial charge in [-0.25, -0.2) is 4.79 Å². The van der Waals surface area contributed by atoms with Crippen LogP contribution in [-0.2, 0) is 9.53 Å². The molecule has 0 aliphatic heterocycles. The van der Waals surface area contributed by atoms with Crippen molar-refractivity contribution < 1.29 is 23.8 Å². The molecule has 35 heavy (non-hydrogen) atoms. The summed E-state index contributed by atoms with van der Waals surface area (Å²) >= 11 is 1.27. The minimum Gasteiger partial charge on any atom is -0.497 e. The fourth-order valence-electron chi connectivity index (χ4n) is 3.52. The first-order chi connectivity index (χ1) is 17.1. The highest BCUT2D eigenvalue weighted by Gasteiger charge is 2.23. The number of carbonyl (C=O) groups is 2. The molecule has 1 aromatic heterocycles. The third-order valence-electron chi connectivity index (χ3n) is 5.26. The van der Waals surface area contributed by atoms with E-state index in [1.165, 1.54) is 11.3 Å². The van der Waals surface area contributed by atoms with Gasteiger partial charge in [0.15, 0.2) is 6.61 Å². The minimum atomic E-state index is -0.493. The molecule has 0 radical (unpaired) electrons. The minimum absolute atomic E-state index is 0.192. The van der Waals surface area contributed by atoms with Crippen LogP contribution >= 0.6 is 11.3 Å². The molecule has 0 saturated carbocycles. The van der Waals surface area contributed by atoms with E-state index >= 15 is 0 Å². The highest BCUT2D eigenvalue weighted by molar-refractivity contribution is 7.15. The first-order valence-corrected chi connectivity index (χ1v) is 12.0. The number of anilines is 1. The van der Waals surface area contributed by atoms with Gasteiger partial charge in [-0.2, -0.15) is 0 Å². The largest absolute Gasteiger partial charge is 0.497 e.